The predicted molar refractivity (Wildman–Crippen MR) is 69.8 cm³/mol. The van der Waals surface area contributed by atoms with Gasteiger partial charge in [0.1, 0.15) is 10.4 Å². The Bertz CT molecular complexity index is 763. The summed E-state index contributed by atoms with van der Waals surface area (Å²) in [5, 5.41) is 13.1. The first-order valence-corrected chi connectivity index (χ1v) is 6.22. The number of ether oxygens (including phenoxy) is 1. The number of methoxy groups -OCH3 is 1. The van der Waals surface area contributed by atoms with Gasteiger partial charge in [-0.3, -0.25) is 0 Å². The molecule has 3 aromatic heterocycles. The number of pyridine rings is 1. The molecule has 1 N–H and O–H groups in total. The Morgan fingerprint density at radius 1 is 1.53 bits per heavy atom. The van der Waals surface area contributed by atoms with Crippen LogP contribution >= 0.6 is 11.3 Å². The highest BCUT2D eigenvalue weighted by Crippen LogP contribution is 2.34. The SMILES string of the molecule is COc1ncccc1-c1cn2ncc(C(=O)O)c2s1. The fourth-order valence-electron chi connectivity index (χ4n) is 1.80. The smallest absolute Gasteiger partial charge is 0.340 e. The first-order chi connectivity index (χ1) is 9.20. The van der Waals surface area contributed by atoms with Crippen LogP contribution in [0, 0.1) is 0 Å². The first-order valence-electron chi connectivity index (χ1n) is 5.40. The predicted octanol–water partition coefficient (Wildman–Crippen LogP) is 2.16. The molecular weight excluding hydrogens is 266 g/mol. The molecule has 0 saturated heterocycles. The number of nitrogens with zero attached hydrogens (tertiary/aromatic N) is 3. The quantitative estimate of drug-likeness (QED) is 0.792. The van der Waals surface area contributed by atoms with Gasteiger partial charge in [-0.25, -0.2) is 14.3 Å². The maximum Gasteiger partial charge on any atom is 0.340 e. The van der Waals surface area contributed by atoms with E-state index in [1.807, 2.05) is 6.07 Å². The maximum absolute atomic E-state index is 11.1. The Morgan fingerprint density at radius 2 is 2.37 bits per heavy atom. The number of carboxylic acid groups (broad SMARTS) is 1. The minimum Gasteiger partial charge on any atom is -0.481 e. The lowest BCUT2D eigenvalue weighted by molar-refractivity contribution is 0.0699. The summed E-state index contributed by atoms with van der Waals surface area (Å²) < 4.78 is 6.75. The van der Waals surface area contributed by atoms with E-state index in [2.05, 4.69) is 10.1 Å². The van der Waals surface area contributed by atoms with E-state index in [1.165, 1.54) is 17.5 Å². The zero-order valence-corrected chi connectivity index (χ0v) is 10.7. The second-order valence-corrected chi connectivity index (χ2v) is 4.80. The summed E-state index contributed by atoms with van der Waals surface area (Å²) in [4.78, 5) is 16.6. The Hall–Kier alpha value is -2.41. The number of carbonyl (C=O) groups is 1. The number of aromatic carboxylic acids is 1. The van der Waals surface area contributed by atoms with Gasteiger partial charge in [-0.05, 0) is 12.1 Å². The third-order valence-electron chi connectivity index (χ3n) is 2.66. The first kappa shape index (κ1) is 11.7. The largest absolute Gasteiger partial charge is 0.481 e. The van der Waals surface area contributed by atoms with Gasteiger partial charge in [-0.15, -0.1) is 11.3 Å². The molecule has 6 nitrogen and oxygen atoms in total. The number of rotatable bonds is 3. The summed E-state index contributed by atoms with van der Waals surface area (Å²) >= 11 is 1.34. The van der Waals surface area contributed by atoms with Gasteiger partial charge in [-0.2, -0.15) is 5.10 Å². The Labute approximate surface area is 111 Å². The monoisotopic (exact) mass is 275 g/mol. The molecule has 0 amide bonds. The van der Waals surface area contributed by atoms with Crippen LogP contribution in [0.1, 0.15) is 10.4 Å². The molecule has 19 heavy (non-hydrogen) atoms. The molecule has 0 fully saturated rings. The molecule has 0 atom stereocenters. The van der Waals surface area contributed by atoms with Gasteiger partial charge >= 0.3 is 5.97 Å². The van der Waals surface area contributed by atoms with Crippen molar-refractivity contribution in [2.45, 2.75) is 0 Å². The summed E-state index contributed by atoms with van der Waals surface area (Å²) in [5.41, 5.74) is 1.01. The molecule has 0 spiro atoms. The Balaban J connectivity index is 2.18. The van der Waals surface area contributed by atoms with Crippen LogP contribution in [0.4, 0.5) is 0 Å². The fraction of sp³-hybridized carbons (Fsp3) is 0.0833. The zero-order chi connectivity index (χ0) is 13.4. The number of hydrogen-bond acceptors (Lipinski definition) is 5. The van der Waals surface area contributed by atoms with E-state index in [1.54, 1.807) is 30.1 Å². The van der Waals surface area contributed by atoms with Crippen molar-refractivity contribution in [3.8, 4) is 16.3 Å². The van der Waals surface area contributed by atoms with Crippen LogP contribution in [-0.2, 0) is 0 Å². The number of carboxylic acids is 1. The van der Waals surface area contributed by atoms with Crippen LogP contribution in [0.15, 0.2) is 30.7 Å². The summed E-state index contributed by atoms with van der Waals surface area (Å²) in [6, 6.07) is 3.68. The molecule has 0 bridgehead atoms. The van der Waals surface area contributed by atoms with Crippen molar-refractivity contribution < 1.29 is 14.6 Å². The van der Waals surface area contributed by atoms with Gasteiger partial charge in [0.05, 0.1) is 23.7 Å². The highest BCUT2D eigenvalue weighted by Gasteiger charge is 2.16. The summed E-state index contributed by atoms with van der Waals surface area (Å²) in [5.74, 6) is -0.481. The number of fused-ring (bicyclic) bond motifs is 1. The van der Waals surface area contributed by atoms with Crippen LogP contribution < -0.4 is 4.74 Å². The second kappa shape index (κ2) is 4.36. The van der Waals surface area contributed by atoms with Gasteiger partial charge in [0.25, 0.3) is 0 Å². The summed E-state index contributed by atoms with van der Waals surface area (Å²) in [7, 11) is 1.55. The van der Waals surface area contributed by atoms with Gasteiger partial charge in [0.15, 0.2) is 0 Å². The van der Waals surface area contributed by atoms with E-state index >= 15 is 0 Å². The topological polar surface area (TPSA) is 76.7 Å². The lowest BCUT2D eigenvalue weighted by Gasteiger charge is -2.03. The molecule has 0 aliphatic heterocycles. The lowest BCUT2D eigenvalue weighted by atomic mass is 10.2. The molecule has 0 aliphatic carbocycles. The van der Waals surface area contributed by atoms with Crippen LogP contribution in [-0.4, -0.2) is 32.8 Å². The van der Waals surface area contributed by atoms with Gasteiger partial charge in [-0.1, -0.05) is 0 Å². The van der Waals surface area contributed by atoms with E-state index in [4.69, 9.17) is 9.84 Å². The van der Waals surface area contributed by atoms with E-state index in [9.17, 15) is 4.79 Å². The van der Waals surface area contributed by atoms with Crippen LogP contribution in [0.5, 0.6) is 5.88 Å². The minimum absolute atomic E-state index is 0.194. The minimum atomic E-state index is -0.985. The number of aromatic nitrogens is 3. The number of hydrogen-bond donors (Lipinski definition) is 1. The maximum atomic E-state index is 11.1. The molecular formula is C12H9N3O3S. The molecule has 0 unspecified atom stereocenters. The summed E-state index contributed by atoms with van der Waals surface area (Å²) in [6.07, 6.45) is 4.76. The van der Waals surface area contributed by atoms with Gasteiger partial charge < -0.3 is 9.84 Å². The molecule has 0 radical (unpaired) electrons. The van der Waals surface area contributed by atoms with Gasteiger partial charge in [0.2, 0.25) is 5.88 Å². The molecule has 0 aromatic carbocycles. The fourth-order valence-corrected chi connectivity index (χ4v) is 2.87. The van der Waals surface area contributed by atoms with Crippen molar-refractivity contribution in [2.75, 3.05) is 7.11 Å². The van der Waals surface area contributed by atoms with Crippen LogP contribution in [0.2, 0.25) is 0 Å². The molecule has 0 aliphatic rings. The summed E-state index contributed by atoms with van der Waals surface area (Å²) in [6.45, 7) is 0. The van der Waals surface area contributed by atoms with Crippen molar-refractivity contribution >= 4 is 22.1 Å². The third kappa shape index (κ3) is 1.84. The van der Waals surface area contributed by atoms with E-state index in [-0.39, 0.29) is 5.56 Å². The van der Waals surface area contributed by atoms with Gasteiger partial charge in [0, 0.05) is 12.4 Å². The molecule has 7 heteroatoms. The molecule has 96 valence electrons. The van der Waals surface area contributed by atoms with Crippen molar-refractivity contribution in [2.24, 2.45) is 0 Å². The molecule has 3 heterocycles. The van der Waals surface area contributed by atoms with E-state index in [0.29, 0.717) is 10.7 Å². The highest BCUT2D eigenvalue weighted by molar-refractivity contribution is 7.21. The van der Waals surface area contributed by atoms with Crippen molar-refractivity contribution in [3.63, 3.8) is 0 Å². The van der Waals surface area contributed by atoms with Crippen molar-refractivity contribution in [1.82, 2.24) is 14.6 Å². The van der Waals surface area contributed by atoms with E-state index in [0.717, 1.165) is 10.4 Å². The van der Waals surface area contributed by atoms with Crippen molar-refractivity contribution in [3.05, 3.63) is 36.3 Å². The zero-order valence-electron chi connectivity index (χ0n) is 9.90. The number of thiazole rings is 1. The van der Waals surface area contributed by atoms with Crippen molar-refractivity contribution in [1.29, 1.82) is 0 Å². The molecule has 3 aromatic rings. The van der Waals surface area contributed by atoms with Crippen LogP contribution in [0.3, 0.4) is 0 Å². The van der Waals surface area contributed by atoms with E-state index < -0.39 is 5.97 Å². The average molecular weight is 275 g/mol. The Kier molecular flexibility index (Phi) is 2.68. The highest BCUT2D eigenvalue weighted by atomic mass is 32.1. The average Bonchev–Trinajstić information content (AvgIpc) is 2.97. The standard InChI is InChI=1S/C12H9N3O3S/c1-18-10-7(3-2-4-13-10)9-6-15-11(19-9)8(5-14-15)12(16)17/h2-6H,1H3,(H,16,17). The van der Waals surface area contributed by atoms with Crippen LogP contribution in [0.25, 0.3) is 15.3 Å². The Morgan fingerprint density at radius 3 is 3.11 bits per heavy atom. The third-order valence-corrected chi connectivity index (χ3v) is 3.80. The molecule has 3 rings (SSSR count). The lowest BCUT2D eigenvalue weighted by Crippen LogP contribution is -1.92. The normalized spacial score (nSPS) is 10.8. The second-order valence-electron chi connectivity index (χ2n) is 3.77. The molecule has 0 saturated carbocycles.